The molecule has 10 aromatic heterocycles. The van der Waals surface area contributed by atoms with E-state index in [2.05, 4.69) is 75.2 Å². The molecule has 0 radical (unpaired) electrons. The predicted octanol–water partition coefficient (Wildman–Crippen LogP) is 18.6. The first kappa shape index (κ1) is 92.1. The number of H-pyrrole nitrogens is 8. The number of methoxy groups -OCH3 is 1. The zero-order valence-electron chi connectivity index (χ0n) is 70.6. The van der Waals surface area contributed by atoms with Crippen molar-refractivity contribution in [2.45, 2.75) is 95.3 Å². The lowest BCUT2D eigenvalue weighted by Crippen LogP contribution is -2.40. The fraction of sp³-hybridized carbons (Fsp3) is 0.223. The van der Waals surface area contributed by atoms with E-state index in [1.54, 1.807) is 80.0 Å². The molecule has 8 N–H and O–H groups in total. The molecule has 18 aromatic rings. The van der Waals surface area contributed by atoms with Crippen LogP contribution in [0.25, 0.3) is 102 Å². The number of imidazole rings is 4. The Bertz CT molecular complexity index is 7010. The monoisotopic (exact) mass is 1850 g/mol. The van der Waals surface area contributed by atoms with Crippen molar-refractivity contribution in [3.8, 4) is 57.6 Å². The number of pyridine rings is 1. The Hall–Kier alpha value is -15.2. The summed E-state index contributed by atoms with van der Waals surface area (Å²) >= 11 is 0. The summed E-state index contributed by atoms with van der Waals surface area (Å²) in [6.45, 7) is 0.222. The summed E-state index contributed by atoms with van der Waals surface area (Å²) in [4.78, 5) is 95.7. The number of likely N-dealkylation sites (tertiary alicyclic amines) is 1. The molecule has 1 aliphatic heterocycles. The van der Waals surface area contributed by atoms with E-state index < -0.39 is 59.3 Å². The van der Waals surface area contributed by atoms with Crippen molar-refractivity contribution >= 4 is 44.3 Å². The van der Waals surface area contributed by atoms with Crippen LogP contribution >= 0.6 is 0 Å². The molecular weight excluding hydrogens is 1770 g/mol. The van der Waals surface area contributed by atoms with Gasteiger partial charge in [-0.05, 0) is 220 Å². The second-order valence-corrected chi connectivity index (χ2v) is 31.6. The van der Waals surface area contributed by atoms with Crippen molar-refractivity contribution < 1.29 is 70.6 Å². The van der Waals surface area contributed by atoms with E-state index in [-0.39, 0.29) is 76.4 Å². The third kappa shape index (κ3) is 21.5. The van der Waals surface area contributed by atoms with Crippen LogP contribution in [-0.4, -0.2) is 138 Å². The van der Waals surface area contributed by atoms with Crippen LogP contribution in [0.2, 0.25) is 0 Å². The van der Waals surface area contributed by atoms with E-state index in [0.29, 0.717) is 161 Å². The largest absolute Gasteiger partial charge is 0.451 e. The van der Waals surface area contributed by atoms with Gasteiger partial charge in [0.15, 0.2) is 5.65 Å². The first-order valence-corrected chi connectivity index (χ1v) is 42.0. The van der Waals surface area contributed by atoms with Gasteiger partial charge in [0.25, 0.3) is 22.2 Å². The van der Waals surface area contributed by atoms with Gasteiger partial charge in [0.1, 0.15) is 17.5 Å². The number of benzene rings is 8. The van der Waals surface area contributed by atoms with Crippen LogP contribution in [0.1, 0.15) is 80.9 Å². The van der Waals surface area contributed by atoms with Gasteiger partial charge in [0.05, 0.1) is 80.0 Å². The van der Waals surface area contributed by atoms with Crippen LogP contribution < -0.4 is 22.2 Å². The van der Waals surface area contributed by atoms with Crippen molar-refractivity contribution in [2.75, 3.05) is 33.4 Å². The van der Waals surface area contributed by atoms with Crippen LogP contribution in [0, 0.1) is 23.4 Å². The second-order valence-electron chi connectivity index (χ2n) is 31.6. The predicted molar refractivity (Wildman–Crippen MR) is 469 cm³/mol. The molecule has 25 nitrogen and oxygen atoms in total. The van der Waals surface area contributed by atoms with Crippen LogP contribution in [0.4, 0.5) is 65.9 Å². The van der Waals surface area contributed by atoms with Gasteiger partial charge in [0, 0.05) is 65.6 Å². The number of aryl methyl sites for hydroxylation is 3. The van der Waals surface area contributed by atoms with Crippen molar-refractivity contribution in [1.82, 2.24) is 98.8 Å². The molecule has 0 unspecified atom stereocenters. The molecule has 0 amide bonds. The lowest BCUT2D eigenvalue weighted by Gasteiger charge is -2.32. The van der Waals surface area contributed by atoms with Gasteiger partial charge in [0.2, 0.25) is 29.6 Å². The van der Waals surface area contributed by atoms with E-state index in [1.807, 2.05) is 54.6 Å². The van der Waals surface area contributed by atoms with Crippen LogP contribution in [-0.2, 0) is 74.6 Å². The summed E-state index contributed by atoms with van der Waals surface area (Å²) in [5, 5.41) is 12.1. The third-order valence-electron chi connectivity index (χ3n) is 22.7. The summed E-state index contributed by atoms with van der Waals surface area (Å²) in [7, 11) is 1.63. The second kappa shape index (κ2) is 39.1. The number of nitrogens with zero attached hydrogens (tertiary/aromatic N) is 12. The van der Waals surface area contributed by atoms with Crippen molar-refractivity contribution in [3.63, 3.8) is 0 Å². The summed E-state index contributed by atoms with van der Waals surface area (Å²) < 4.78 is 205. The Kier molecular flexibility index (Phi) is 26.8. The third-order valence-corrected chi connectivity index (χ3v) is 22.7. The molecule has 8 aromatic carbocycles. The van der Waals surface area contributed by atoms with Crippen LogP contribution in [0.15, 0.2) is 244 Å². The maximum absolute atomic E-state index is 13.5. The van der Waals surface area contributed by atoms with Gasteiger partial charge in [-0.3, -0.25) is 44.5 Å². The van der Waals surface area contributed by atoms with Crippen molar-refractivity contribution in [3.05, 3.63) is 345 Å². The number of alkyl halides is 12. The number of ether oxygens (including phenoxy) is 1. The quantitative estimate of drug-likeness (QED) is 0.0277. The van der Waals surface area contributed by atoms with Gasteiger partial charge in [-0.2, -0.15) is 76.4 Å². The standard InChI is InChI=1S/C26H25F6N5O.C24H17F4N5O.C23H16F4N6O.C21H21FN4O2/c27-25(28,29)15-36-13-11-16(12-14-36)5-10-19-22(17-6-8-18(9-7-17)26(30,31)32)35-37(23(19)38)24-33-20-3-1-2-4-21(20)34-24;25-17-10-3-14(4-11-17)5-12-18-20(15-6-8-16(9-7-15)24(26,27)28)32-33(22(18)34)23-30-19-2-1-13-29-21(19)31-23;24-15-8-5-13(6-9-15)7-10-16-19(14-11-28-21(29-12-14)23(25,26)27)32-33(20(16)34)22-30-17-3-1-2-4-18(17)31-22;1-28-13-12-17-16(11-8-14-6-9-15(22)10-7-14)20(27)26(25-17)21-23-18-4-2-3-5-19(18)24-21/h1-4,6-9,16,35H,5,10-15H2,(H,33,34);1-4,6-11,13,32H,5,12H2,(H,29,30,31);1-6,8-9,11-12,32H,7,10H2,(H,30,31);2-7,9-10,25H,8,11-13H2,1H3,(H,23,24). The van der Waals surface area contributed by atoms with Gasteiger partial charge >= 0.3 is 24.7 Å². The Morgan fingerprint density at radius 1 is 0.373 bits per heavy atom. The molecular formula is C94H79F15N20O5. The molecule has 690 valence electrons. The van der Waals surface area contributed by atoms with Gasteiger partial charge in [-0.15, -0.1) is 0 Å². The minimum Gasteiger partial charge on any atom is -0.384 e. The zero-order chi connectivity index (χ0) is 94.3. The summed E-state index contributed by atoms with van der Waals surface area (Å²) in [6, 6.07) is 52.9. The molecule has 0 spiro atoms. The molecule has 0 aliphatic carbocycles. The highest BCUT2D eigenvalue weighted by atomic mass is 19.4. The average molecular weight is 1850 g/mol. The molecule has 19 rings (SSSR count). The fourth-order valence-corrected chi connectivity index (χ4v) is 15.7. The molecule has 134 heavy (non-hydrogen) atoms. The molecule has 0 saturated carbocycles. The highest BCUT2D eigenvalue weighted by Gasteiger charge is 2.37. The number of rotatable bonds is 23. The molecule has 1 saturated heterocycles. The number of para-hydroxylation sites is 6. The number of aromatic nitrogens is 19. The van der Waals surface area contributed by atoms with E-state index >= 15 is 0 Å². The Morgan fingerprint density at radius 3 is 1.13 bits per heavy atom. The normalized spacial score (nSPS) is 12.9. The number of halogens is 15. The Balaban J connectivity index is 0.000000131. The van der Waals surface area contributed by atoms with Gasteiger partial charge in [-0.25, -0.2) is 43.1 Å². The number of hydrogen-bond acceptors (Lipinski definition) is 13. The SMILES string of the molecule is COCCc1[nH]n(-c2nc3ccccc3[nH]2)c(=O)c1CCc1ccc(F)cc1.O=c1c(CCC2CCN(CC(F)(F)F)CC2)c(-c2ccc(C(F)(F)F)cc2)[nH]n1-c1nc2ccccc2[nH]1.O=c1c(CCc2ccc(F)cc2)c(-c2ccc(C(F)(F)F)cc2)[nH]n1-c1nc2ncccc2[nH]1.O=c1c(CCc2ccc(F)cc2)c(-c2cnc(C(F)(F)F)nc2)[nH]n1-c1nc2ccccc2[nH]1. The minimum atomic E-state index is -4.68. The lowest BCUT2D eigenvalue weighted by atomic mass is 9.90. The number of aromatic amines is 8. The number of hydrogen-bond donors (Lipinski definition) is 8. The summed E-state index contributed by atoms with van der Waals surface area (Å²) in [5.41, 5.74) is 9.83. The Morgan fingerprint density at radius 2 is 0.739 bits per heavy atom. The molecule has 1 fully saturated rings. The molecule has 11 heterocycles. The molecule has 0 bridgehead atoms. The average Bonchev–Trinajstić information content (AvgIpc) is 1.63. The zero-order valence-corrected chi connectivity index (χ0v) is 70.6. The van der Waals surface area contributed by atoms with Crippen molar-refractivity contribution in [2.24, 2.45) is 5.92 Å². The van der Waals surface area contributed by atoms with Crippen molar-refractivity contribution in [1.29, 1.82) is 0 Å². The highest BCUT2D eigenvalue weighted by molar-refractivity contribution is 5.78. The summed E-state index contributed by atoms with van der Waals surface area (Å²) in [5.74, 6) is -1.01. The van der Waals surface area contributed by atoms with E-state index in [9.17, 15) is 85.0 Å². The molecule has 1 aliphatic rings. The fourth-order valence-electron chi connectivity index (χ4n) is 15.7. The first-order valence-electron chi connectivity index (χ1n) is 42.0. The van der Waals surface area contributed by atoms with Crippen LogP contribution in [0.5, 0.6) is 0 Å². The number of piperidine rings is 1. The summed E-state index contributed by atoms with van der Waals surface area (Å²) in [6.07, 6.45) is -9.07. The maximum Gasteiger partial charge on any atom is 0.451 e. The molecule has 0 atom stereocenters. The lowest BCUT2D eigenvalue weighted by molar-refractivity contribution is -0.148. The van der Waals surface area contributed by atoms with E-state index in [0.717, 1.165) is 70.1 Å². The highest BCUT2D eigenvalue weighted by Crippen LogP contribution is 2.36. The first-order chi connectivity index (χ1) is 64.2. The number of nitrogens with one attached hydrogen (secondary N) is 8. The Labute approximate surface area is 747 Å². The topological polar surface area (TPSA) is 317 Å². The smallest absolute Gasteiger partial charge is 0.384 e. The van der Waals surface area contributed by atoms with Gasteiger partial charge in [-0.1, -0.05) is 97.1 Å². The maximum atomic E-state index is 13.5. The van der Waals surface area contributed by atoms with E-state index in [1.165, 1.54) is 84.3 Å². The van der Waals surface area contributed by atoms with Gasteiger partial charge < -0.3 is 24.7 Å². The van der Waals surface area contributed by atoms with E-state index in [4.69, 9.17) is 4.74 Å². The minimum absolute atomic E-state index is 0.132. The molecule has 40 heteroatoms. The van der Waals surface area contributed by atoms with Crippen LogP contribution in [0.3, 0.4) is 0 Å². The number of fused-ring (bicyclic) bond motifs is 4.